The number of amides is 1. The number of carbonyl (C=O) groups is 2. The number of carbonyl (C=O) groups excluding carboxylic acids is 1. The van der Waals surface area contributed by atoms with Crippen LogP contribution in [0.25, 0.3) is 0 Å². The van der Waals surface area contributed by atoms with Gasteiger partial charge >= 0.3 is 5.97 Å². The minimum atomic E-state index is -1.12. The van der Waals surface area contributed by atoms with Crippen molar-refractivity contribution in [3.05, 3.63) is 23.7 Å². The maximum atomic E-state index is 11.9. The van der Waals surface area contributed by atoms with E-state index in [0.717, 1.165) is 5.76 Å². The van der Waals surface area contributed by atoms with Crippen molar-refractivity contribution in [1.82, 2.24) is 9.80 Å². The Morgan fingerprint density at radius 3 is 2.42 bits per heavy atom. The molecule has 19 heavy (non-hydrogen) atoms. The SMILES string of the molecule is Cc1ccc(CN(CCN(C)C)C(=O)CC(=O)O)o1. The van der Waals surface area contributed by atoms with Gasteiger partial charge in [0, 0.05) is 13.1 Å². The van der Waals surface area contributed by atoms with Crippen molar-refractivity contribution in [2.24, 2.45) is 0 Å². The summed E-state index contributed by atoms with van der Waals surface area (Å²) in [4.78, 5) is 25.9. The molecule has 0 fully saturated rings. The predicted molar refractivity (Wildman–Crippen MR) is 69.7 cm³/mol. The molecule has 1 heterocycles. The topological polar surface area (TPSA) is 74.0 Å². The monoisotopic (exact) mass is 268 g/mol. The molecule has 1 N–H and O–H groups in total. The molecule has 0 aliphatic heterocycles. The number of carboxylic acids is 1. The molecular formula is C13H20N2O4. The number of carboxylic acid groups (broad SMARTS) is 1. The Morgan fingerprint density at radius 1 is 1.26 bits per heavy atom. The molecular weight excluding hydrogens is 248 g/mol. The second-order valence-electron chi connectivity index (χ2n) is 4.70. The number of aryl methyl sites for hydroxylation is 1. The molecule has 0 aliphatic carbocycles. The zero-order valence-electron chi connectivity index (χ0n) is 11.5. The van der Waals surface area contributed by atoms with E-state index in [0.29, 0.717) is 25.4 Å². The third-order valence-electron chi connectivity index (χ3n) is 2.62. The molecule has 0 atom stereocenters. The van der Waals surface area contributed by atoms with Crippen LogP contribution in [0.4, 0.5) is 0 Å². The van der Waals surface area contributed by atoms with Gasteiger partial charge in [-0.1, -0.05) is 0 Å². The van der Waals surface area contributed by atoms with Crippen molar-refractivity contribution in [2.45, 2.75) is 19.9 Å². The molecule has 0 unspecified atom stereocenters. The summed E-state index contributed by atoms with van der Waals surface area (Å²) in [6.07, 6.45) is -0.493. The molecule has 6 nitrogen and oxygen atoms in total. The summed E-state index contributed by atoms with van der Waals surface area (Å²) in [7, 11) is 3.80. The molecule has 0 aliphatic rings. The fourth-order valence-electron chi connectivity index (χ4n) is 1.61. The van der Waals surface area contributed by atoms with Gasteiger partial charge in [-0.2, -0.15) is 0 Å². The van der Waals surface area contributed by atoms with Crippen LogP contribution in [-0.4, -0.2) is 54.0 Å². The third kappa shape index (κ3) is 5.56. The minimum absolute atomic E-state index is 0.299. The van der Waals surface area contributed by atoms with E-state index in [9.17, 15) is 9.59 Å². The summed E-state index contributed by atoms with van der Waals surface area (Å²) in [6.45, 7) is 3.27. The Balaban J connectivity index is 2.67. The average molecular weight is 268 g/mol. The van der Waals surface area contributed by atoms with Gasteiger partial charge in [0.05, 0.1) is 6.54 Å². The fraction of sp³-hybridized carbons (Fsp3) is 0.538. The molecule has 6 heteroatoms. The first-order valence-electron chi connectivity index (χ1n) is 6.08. The van der Waals surface area contributed by atoms with Gasteiger partial charge in [0.1, 0.15) is 17.9 Å². The van der Waals surface area contributed by atoms with Crippen molar-refractivity contribution < 1.29 is 19.1 Å². The Kier molecular flexibility index (Phi) is 5.57. The van der Waals surface area contributed by atoms with E-state index in [2.05, 4.69) is 0 Å². The number of likely N-dealkylation sites (N-methyl/N-ethyl adjacent to an activating group) is 1. The van der Waals surface area contributed by atoms with Crippen LogP contribution in [-0.2, 0) is 16.1 Å². The van der Waals surface area contributed by atoms with Gasteiger partial charge in [-0.15, -0.1) is 0 Å². The second kappa shape index (κ2) is 6.94. The van der Waals surface area contributed by atoms with Gasteiger partial charge < -0.3 is 19.3 Å². The molecule has 0 radical (unpaired) electrons. The Morgan fingerprint density at radius 2 is 1.95 bits per heavy atom. The Bertz CT molecular complexity index is 440. The number of hydrogen-bond acceptors (Lipinski definition) is 4. The van der Waals surface area contributed by atoms with Gasteiger partial charge in [0.25, 0.3) is 0 Å². The molecule has 0 saturated heterocycles. The standard InChI is InChI=1S/C13H20N2O4/c1-10-4-5-11(19-10)9-15(7-6-14(2)3)12(16)8-13(17)18/h4-5H,6-9H2,1-3H3,(H,17,18). The molecule has 0 aromatic carbocycles. The Hall–Kier alpha value is -1.82. The number of nitrogens with zero attached hydrogens (tertiary/aromatic N) is 2. The van der Waals surface area contributed by atoms with Crippen molar-refractivity contribution in [2.75, 3.05) is 27.2 Å². The number of rotatable bonds is 7. The quantitative estimate of drug-likeness (QED) is 0.745. The highest BCUT2D eigenvalue weighted by atomic mass is 16.4. The van der Waals surface area contributed by atoms with E-state index < -0.39 is 18.3 Å². The smallest absolute Gasteiger partial charge is 0.312 e. The van der Waals surface area contributed by atoms with Crippen molar-refractivity contribution in [3.63, 3.8) is 0 Å². The fourth-order valence-corrected chi connectivity index (χ4v) is 1.61. The zero-order chi connectivity index (χ0) is 14.4. The lowest BCUT2D eigenvalue weighted by atomic mass is 10.3. The summed E-state index contributed by atoms with van der Waals surface area (Å²) in [6, 6.07) is 3.62. The van der Waals surface area contributed by atoms with Crippen LogP contribution in [0.3, 0.4) is 0 Å². The molecule has 1 rings (SSSR count). The van der Waals surface area contributed by atoms with Crippen LogP contribution in [0.1, 0.15) is 17.9 Å². The summed E-state index contributed by atoms with van der Waals surface area (Å²) >= 11 is 0. The summed E-state index contributed by atoms with van der Waals surface area (Å²) in [5.41, 5.74) is 0. The molecule has 1 amide bonds. The van der Waals surface area contributed by atoms with Gasteiger partial charge in [-0.05, 0) is 33.2 Å². The summed E-state index contributed by atoms with van der Waals surface area (Å²) in [5.74, 6) is -0.0814. The van der Waals surface area contributed by atoms with Crippen LogP contribution in [0.15, 0.2) is 16.5 Å². The first kappa shape index (κ1) is 15.2. The molecule has 0 spiro atoms. The van der Waals surface area contributed by atoms with E-state index in [1.807, 2.05) is 32.0 Å². The highest BCUT2D eigenvalue weighted by Gasteiger charge is 2.18. The third-order valence-corrected chi connectivity index (χ3v) is 2.62. The maximum absolute atomic E-state index is 11.9. The van der Waals surface area contributed by atoms with E-state index in [4.69, 9.17) is 9.52 Å². The summed E-state index contributed by atoms with van der Waals surface area (Å²) in [5, 5.41) is 8.70. The minimum Gasteiger partial charge on any atom is -0.481 e. The molecule has 0 saturated carbocycles. The first-order valence-corrected chi connectivity index (χ1v) is 6.08. The van der Waals surface area contributed by atoms with Gasteiger partial charge in [0.2, 0.25) is 5.91 Å². The predicted octanol–water partition coefficient (Wildman–Crippen LogP) is 0.953. The second-order valence-corrected chi connectivity index (χ2v) is 4.70. The van der Waals surface area contributed by atoms with Gasteiger partial charge in [-0.25, -0.2) is 0 Å². The number of aliphatic carboxylic acids is 1. The molecule has 1 aromatic heterocycles. The molecule has 106 valence electrons. The lowest BCUT2D eigenvalue weighted by Crippen LogP contribution is -2.37. The average Bonchev–Trinajstić information content (AvgIpc) is 2.68. The zero-order valence-corrected chi connectivity index (χ0v) is 11.5. The lowest BCUT2D eigenvalue weighted by molar-refractivity contribution is -0.144. The van der Waals surface area contributed by atoms with Crippen LogP contribution < -0.4 is 0 Å². The van der Waals surface area contributed by atoms with Crippen LogP contribution >= 0.6 is 0 Å². The largest absolute Gasteiger partial charge is 0.481 e. The molecule has 0 bridgehead atoms. The summed E-state index contributed by atoms with van der Waals surface area (Å²) < 4.78 is 5.42. The van der Waals surface area contributed by atoms with E-state index in [-0.39, 0.29) is 0 Å². The lowest BCUT2D eigenvalue weighted by Gasteiger charge is -2.23. The molecule has 1 aromatic rings. The van der Waals surface area contributed by atoms with E-state index in [1.54, 1.807) is 6.07 Å². The van der Waals surface area contributed by atoms with Gasteiger partial charge in [-0.3, -0.25) is 9.59 Å². The van der Waals surface area contributed by atoms with E-state index >= 15 is 0 Å². The van der Waals surface area contributed by atoms with Crippen LogP contribution in [0, 0.1) is 6.92 Å². The first-order chi connectivity index (χ1) is 8.88. The highest BCUT2D eigenvalue weighted by Crippen LogP contribution is 2.10. The Labute approximate surface area is 112 Å². The van der Waals surface area contributed by atoms with E-state index in [1.165, 1.54) is 4.90 Å². The van der Waals surface area contributed by atoms with Crippen molar-refractivity contribution in [1.29, 1.82) is 0 Å². The normalized spacial score (nSPS) is 10.7. The number of hydrogen-bond donors (Lipinski definition) is 1. The van der Waals surface area contributed by atoms with Gasteiger partial charge in [0.15, 0.2) is 0 Å². The van der Waals surface area contributed by atoms with Crippen LogP contribution in [0.2, 0.25) is 0 Å². The van der Waals surface area contributed by atoms with Crippen molar-refractivity contribution >= 4 is 11.9 Å². The van der Waals surface area contributed by atoms with Crippen molar-refractivity contribution in [3.8, 4) is 0 Å². The number of furan rings is 1. The maximum Gasteiger partial charge on any atom is 0.312 e. The highest BCUT2D eigenvalue weighted by molar-refractivity contribution is 5.93. The van der Waals surface area contributed by atoms with Crippen LogP contribution in [0.5, 0.6) is 0 Å².